The van der Waals surface area contributed by atoms with E-state index < -0.39 is 0 Å². The van der Waals surface area contributed by atoms with Crippen LogP contribution in [0.25, 0.3) is 0 Å². The van der Waals surface area contributed by atoms with Crippen molar-refractivity contribution in [3.8, 4) is 0 Å². The van der Waals surface area contributed by atoms with Crippen LogP contribution in [0, 0.1) is 0 Å². The molecule has 2 heteroatoms. The van der Waals surface area contributed by atoms with Crippen LogP contribution in [0.15, 0.2) is 48.5 Å². The molecule has 0 aliphatic heterocycles. The Kier molecular flexibility index (Phi) is 4.62. The Balaban J connectivity index is 1.99. The molecule has 2 unspecified atom stereocenters. The molecule has 0 fully saturated rings. The van der Waals surface area contributed by atoms with Crippen LogP contribution >= 0.6 is 11.6 Å². The fourth-order valence-corrected chi connectivity index (χ4v) is 3.75. The third-order valence-electron chi connectivity index (χ3n) is 4.45. The van der Waals surface area contributed by atoms with Crippen molar-refractivity contribution in [1.29, 1.82) is 0 Å². The molecule has 2 aromatic rings. The van der Waals surface area contributed by atoms with E-state index in [1.54, 1.807) is 0 Å². The summed E-state index contributed by atoms with van der Waals surface area (Å²) in [7, 11) is 0. The monoisotopic (exact) mass is 299 g/mol. The first-order valence-electron chi connectivity index (χ1n) is 7.86. The van der Waals surface area contributed by atoms with Crippen LogP contribution in [0.3, 0.4) is 0 Å². The Bertz CT molecular complexity index is 608. The van der Waals surface area contributed by atoms with E-state index in [0.29, 0.717) is 12.0 Å². The average molecular weight is 300 g/mol. The lowest BCUT2D eigenvalue weighted by atomic mass is 9.77. The first-order valence-corrected chi connectivity index (χ1v) is 8.24. The first-order chi connectivity index (χ1) is 10.3. The minimum Gasteiger partial charge on any atom is -0.310 e. The largest absolute Gasteiger partial charge is 0.310 e. The summed E-state index contributed by atoms with van der Waals surface area (Å²) in [5.41, 5.74) is 4.32. The van der Waals surface area contributed by atoms with Gasteiger partial charge in [-0.25, -0.2) is 0 Å². The zero-order valence-electron chi connectivity index (χ0n) is 12.5. The molecule has 21 heavy (non-hydrogen) atoms. The van der Waals surface area contributed by atoms with Gasteiger partial charge in [-0.15, -0.1) is 0 Å². The first kappa shape index (κ1) is 14.6. The van der Waals surface area contributed by atoms with E-state index >= 15 is 0 Å². The van der Waals surface area contributed by atoms with Crippen LogP contribution in [0.5, 0.6) is 0 Å². The van der Waals surface area contributed by atoms with Crippen molar-refractivity contribution in [3.63, 3.8) is 0 Å². The van der Waals surface area contributed by atoms with Gasteiger partial charge in [-0.1, -0.05) is 54.9 Å². The van der Waals surface area contributed by atoms with Gasteiger partial charge in [-0.05, 0) is 54.6 Å². The maximum absolute atomic E-state index is 6.20. The standard InChI is InChI=1S/C19H22ClN/c1-2-21-19(15-9-5-10-16(20)13-15)18-12-6-8-14-7-3-4-11-17(14)18/h3-5,7,9-11,13,18-19,21H,2,6,8,12H2,1H3. The van der Waals surface area contributed by atoms with Crippen LogP contribution in [-0.4, -0.2) is 6.54 Å². The minimum absolute atomic E-state index is 0.343. The Morgan fingerprint density at radius 1 is 1.19 bits per heavy atom. The minimum atomic E-state index is 0.343. The van der Waals surface area contributed by atoms with E-state index in [2.05, 4.69) is 54.7 Å². The highest BCUT2D eigenvalue weighted by molar-refractivity contribution is 6.30. The summed E-state index contributed by atoms with van der Waals surface area (Å²) < 4.78 is 0. The molecule has 1 N–H and O–H groups in total. The van der Waals surface area contributed by atoms with E-state index in [1.807, 2.05) is 6.07 Å². The normalized spacial score (nSPS) is 19.0. The Labute approximate surface area is 132 Å². The number of halogens is 1. The predicted molar refractivity (Wildman–Crippen MR) is 90.0 cm³/mol. The van der Waals surface area contributed by atoms with Crippen molar-refractivity contribution in [2.45, 2.75) is 38.1 Å². The predicted octanol–water partition coefficient (Wildman–Crippen LogP) is 5.11. The van der Waals surface area contributed by atoms with Gasteiger partial charge in [0, 0.05) is 17.0 Å². The molecule has 0 saturated heterocycles. The molecule has 0 amide bonds. The molecule has 110 valence electrons. The molecule has 1 aliphatic carbocycles. The van der Waals surface area contributed by atoms with E-state index in [4.69, 9.17) is 11.6 Å². The zero-order chi connectivity index (χ0) is 14.7. The molecule has 2 atom stereocenters. The number of hydrogen-bond donors (Lipinski definition) is 1. The molecule has 2 aromatic carbocycles. The lowest BCUT2D eigenvalue weighted by Gasteiger charge is -2.33. The number of hydrogen-bond acceptors (Lipinski definition) is 1. The summed E-state index contributed by atoms with van der Waals surface area (Å²) in [6.45, 7) is 3.14. The summed E-state index contributed by atoms with van der Waals surface area (Å²) in [6.07, 6.45) is 3.71. The van der Waals surface area contributed by atoms with Gasteiger partial charge in [-0.3, -0.25) is 0 Å². The second-order valence-corrected chi connectivity index (χ2v) is 6.22. The second kappa shape index (κ2) is 6.64. The number of nitrogens with one attached hydrogen (secondary N) is 1. The molecular weight excluding hydrogens is 278 g/mol. The van der Waals surface area contributed by atoms with Gasteiger partial charge < -0.3 is 5.32 Å². The van der Waals surface area contributed by atoms with Crippen molar-refractivity contribution in [3.05, 3.63) is 70.2 Å². The van der Waals surface area contributed by atoms with Crippen molar-refractivity contribution in [2.75, 3.05) is 6.54 Å². The van der Waals surface area contributed by atoms with Crippen molar-refractivity contribution in [1.82, 2.24) is 5.32 Å². The molecule has 0 spiro atoms. The van der Waals surface area contributed by atoms with Gasteiger partial charge in [-0.2, -0.15) is 0 Å². The number of fused-ring (bicyclic) bond motifs is 1. The van der Waals surface area contributed by atoms with Gasteiger partial charge in [0.25, 0.3) is 0 Å². The van der Waals surface area contributed by atoms with Crippen molar-refractivity contribution < 1.29 is 0 Å². The lowest BCUT2D eigenvalue weighted by molar-refractivity contribution is 0.409. The van der Waals surface area contributed by atoms with Crippen molar-refractivity contribution >= 4 is 11.6 Å². The van der Waals surface area contributed by atoms with E-state index in [9.17, 15) is 0 Å². The third-order valence-corrected chi connectivity index (χ3v) is 4.69. The van der Waals surface area contributed by atoms with E-state index in [0.717, 1.165) is 11.6 Å². The summed E-state index contributed by atoms with van der Waals surface area (Å²) in [6, 6.07) is 17.5. The van der Waals surface area contributed by atoms with Gasteiger partial charge in [0.1, 0.15) is 0 Å². The number of rotatable bonds is 4. The molecular formula is C19H22ClN. The Morgan fingerprint density at radius 3 is 2.86 bits per heavy atom. The summed E-state index contributed by atoms with van der Waals surface area (Å²) >= 11 is 6.20. The third kappa shape index (κ3) is 3.14. The molecule has 1 nitrogen and oxygen atoms in total. The van der Waals surface area contributed by atoms with Gasteiger partial charge in [0.15, 0.2) is 0 Å². The SMILES string of the molecule is CCNC(c1cccc(Cl)c1)C1CCCc2ccccc21. The molecule has 0 radical (unpaired) electrons. The van der Waals surface area contributed by atoms with Crippen LogP contribution in [0.1, 0.15) is 48.4 Å². The van der Waals surface area contributed by atoms with Gasteiger partial charge in [0.2, 0.25) is 0 Å². The summed E-state index contributed by atoms with van der Waals surface area (Å²) in [4.78, 5) is 0. The summed E-state index contributed by atoms with van der Waals surface area (Å²) in [5.74, 6) is 0.536. The molecule has 0 saturated carbocycles. The Hall–Kier alpha value is -1.31. The van der Waals surface area contributed by atoms with Crippen LogP contribution in [0.2, 0.25) is 5.02 Å². The van der Waals surface area contributed by atoms with Crippen LogP contribution < -0.4 is 5.32 Å². The zero-order valence-corrected chi connectivity index (χ0v) is 13.2. The fourth-order valence-electron chi connectivity index (χ4n) is 3.55. The highest BCUT2D eigenvalue weighted by atomic mass is 35.5. The van der Waals surface area contributed by atoms with E-state index in [-0.39, 0.29) is 0 Å². The smallest absolute Gasteiger partial charge is 0.0409 e. The number of benzene rings is 2. The number of likely N-dealkylation sites (N-methyl/N-ethyl adjacent to an activating group) is 1. The molecule has 1 aliphatic rings. The second-order valence-electron chi connectivity index (χ2n) is 5.79. The fraction of sp³-hybridized carbons (Fsp3) is 0.368. The van der Waals surface area contributed by atoms with Crippen LogP contribution in [-0.2, 0) is 6.42 Å². The maximum atomic E-state index is 6.20. The highest BCUT2D eigenvalue weighted by Gasteiger charge is 2.28. The molecule has 0 bridgehead atoms. The maximum Gasteiger partial charge on any atom is 0.0409 e. The molecule has 3 rings (SSSR count). The molecule has 0 aromatic heterocycles. The van der Waals surface area contributed by atoms with Gasteiger partial charge >= 0.3 is 0 Å². The van der Waals surface area contributed by atoms with Crippen molar-refractivity contribution in [2.24, 2.45) is 0 Å². The lowest BCUT2D eigenvalue weighted by Crippen LogP contribution is -2.29. The highest BCUT2D eigenvalue weighted by Crippen LogP contribution is 2.40. The number of aryl methyl sites for hydroxylation is 1. The summed E-state index contributed by atoms with van der Waals surface area (Å²) in [5, 5.41) is 4.50. The van der Waals surface area contributed by atoms with Gasteiger partial charge in [0.05, 0.1) is 0 Å². The molecule has 0 heterocycles. The Morgan fingerprint density at radius 2 is 2.05 bits per heavy atom. The van der Waals surface area contributed by atoms with Crippen LogP contribution in [0.4, 0.5) is 0 Å². The van der Waals surface area contributed by atoms with E-state index in [1.165, 1.54) is 36.0 Å². The quantitative estimate of drug-likeness (QED) is 0.827. The average Bonchev–Trinajstić information content (AvgIpc) is 2.52. The topological polar surface area (TPSA) is 12.0 Å².